The van der Waals surface area contributed by atoms with Gasteiger partial charge in [-0.2, -0.15) is 0 Å². The Hall–Kier alpha value is -1.29. The molecule has 0 saturated heterocycles. The normalized spacial score (nSPS) is 12.5. The first-order chi connectivity index (χ1) is 9.25. The largest absolute Gasteiger partial charge is 0.325 e. The van der Waals surface area contributed by atoms with Gasteiger partial charge in [-0.15, -0.1) is 11.3 Å². The Bertz CT molecular complexity index is 838. The lowest BCUT2D eigenvalue weighted by Crippen LogP contribution is -2.03. The average molecular weight is 332 g/mol. The summed E-state index contributed by atoms with van der Waals surface area (Å²) < 4.78 is 47.8. The van der Waals surface area contributed by atoms with E-state index in [1.165, 1.54) is 24.4 Å². The minimum absolute atomic E-state index is 0.0397. The minimum Gasteiger partial charge on any atom is -0.325 e. The fraction of sp³-hybridized carbons (Fsp3) is 0.182. The van der Waals surface area contributed by atoms with E-state index in [0.717, 1.165) is 23.7 Å². The predicted molar refractivity (Wildman–Crippen MR) is 75.0 cm³/mol. The molecule has 9 heteroatoms. The number of hydrogen-bond acceptors (Lipinski definition) is 7. The lowest BCUT2D eigenvalue weighted by molar-refractivity contribution is 0.597. The van der Waals surface area contributed by atoms with Crippen molar-refractivity contribution in [3.8, 4) is 0 Å². The van der Waals surface area contributed by atoms with Crippen LogP contribution in [-0.2, 0) is 26.2 Å². The van der Waals surface area contributed by atoms with E-state index in [0.29, 0.717) is 5.01 Å². The fourth-order valence-electron chi connectivity index (χ4n) is 1.50. The van der Waals surface area contributed by atoms with Crippen molar-refractivity contribution in [3.05, 3.63) is 35.5 Å². The molecule has 0 saturated carbocycles. The van der Waals surface area contributed by atoms with Crippen LogP contribution in [0.25, 0.3) is 0 Å². The number of nitrogens with zero attached hydrogens (tertiary/aromatic N) is 1. The Kier molecular flexibility index (Phi) is 3.96. The van der Waals surface area contributed by atoms with Crippen LogP contribution in [0.5, 0.6) is 0 Å². The number of benzene rings is 1. The van der Waals surface area contributed by atoms with E-state index in [2.05, 4.69) is 4.98 Å². The predicted octanol–water partition coefficient (Wildman–Crippen LogP) is 0.838. The van der Waals surface area contributed by atoms with E-state index in [-0.39, 0.29) is 20.5 Å². The van der Waals surface area contributed by atoms with E-state index >= 15 is 0 Å². The summed E-state index contributed by atoms with van der Waals surface area (Å²) in [5.74, 6) is 0. The van der Waals surface area contributed by atoms with E-state index in [1.807, 2.05) is 0 Å². The van der Waals surface area contributed by atoms with Gasteiger partial charge in [0.05, 0.1) is 16.0 Å². The van der Waals surface area contributed by atoms with Gasteiger partial charge in [0.2, 0.25) is 9.84 Å². The van der Waals surface area contributed by atoms with Crippen molar-refractivity contribution in [2.24, 2.45) is 5.73 Å². The summed E-state index contributed by atoms with van der Waals surface area (Å²) in [4.78, 5) is 3.78. The number of thiazole rings is 1. The molecular weight excluding hydrogens is 320 g/mol. The van der Waals surface area contributed by atoms with Crippen molar-refractivity contribution >= 4 is 31.0 Å². The molecule has 0 aliphatic heterocycles. The Balaban J connectivity index is 2.55. The molecule has 0 radical (unpaired) electrons. The highest BCUT2D eigenvalue weighted by molar-refractivity contribution is 7.93. The van der Waals surface area contributed by atoms with Crippen LogP contribution in [0.1, 0.15) is 5.01 Å². The molecule has 20 heavy (non-hydrogen) atoms. The number of hydrogen-bond donors (Lipinski definition) is 1. The first-order valence-corrected chi connectivity index (χ1v) is 9.64. The quantitative estimate of drug-likeness (QED) is 0.889. The van der Waals surface area contributed by atoms with Crippen molar-refractivity contribution in [1.29, 1.82) is 0 Å². The first-order valence-electron chi connectivity index (χ1n) is 5.45. The summed E-state index contributed by atoms with van der Waals surface area (Å²) >= 11 is 0.974. The highest BCUT2D eigenvalue weighted by Crippen LogP contribution is 2.27. The van der Waals surface area contributed by atoms with Crippen molar-refractivity contribution < 1.29 is 16.8 Å². The SMILES string of the molecule is CS(=O)(=O)c1cccc(S(=O)(=O)c2cnc(CN)s2)c1. The van der Waals surface area contributed by atoms with Gasteiger partial charge in [-0.05, 0) is 18.2 Å². The third-order valence-electron chi connectivity index (χ3n) is 2.52. The highest BCUT2D eigenvalue weighted by Gasteiger charge is 2.22. The van der Waals surface area contributed by atoms with Gasteiger partial charge in [0.15, 0.2) is 9.84 Å². The van der Waals surface area contributed by atoms with Crippen LogP contribution < -0.4 is 5.73 Å². The van der Waals surface area contributed by atoms with Crippen LogP contribution in [-0.4, -0.2) is 28.1 Å². The molecule has 6 nitrogen and oxygen atoms in total. The van der Waals surface area contributed by atoms with Crippen LogP contribution >= 0.6 is 11.3 Å². The molecular formula is C11H12N2O4S3. The number of sulfone groups is 2. The molecule has 0 bridgehead atoms. The van der Waals surface area contributed by atoms with Crippen LogP contribution in [0.3, 0.4) is 0 Å². The zero-order chi connectivity index (χ0) is 15.0. The Morgan fingerprint density at radius 1 is 1.20 bits per heavy atom. The molecule has 0 fully saturated rings. The maximum absolute atomic E-state index is 12.4. The second-order valence-corrected chi connectivity index (χ2v) is 9.34. The van der Waals surface area contributed by atoms with Gasteiger partial charge in [-0.3, -0.25) is 0 Å². The van der Waals surface area contributed by atoms with E-state index in [1.54, 1.807) is 0 Å². The fourth-order valence-corrected chi connectivity index (χ4v) is 4.75. The highest BCUT2D eigenvalue weighted by atomic mass is 32.2. The molecule has 1 aromatic heterocycles. The lowest BCUT2D eigenvalue weighted by atomic mass is 10.4. The van der Waals surface area contributed by atoms with Crippen molar-refractivity contribution in [2.75, 3.05) is 6.26 Å². The molecule has 0 atom stereocenters. The first kappa shape index (κ1) is 15.1. The third-order valence-corrected chi connectivity index (χ3v) is 6.86. The van der Waals surface area contributed by atoms with Crippen LogP contribution in [0.15, 0.2) is 44.5 Å². The van der Waals surface area contributed by atoms with Crippen LogP contribution in [0, 0.1) is 0 Å². The maximum Gasteiger partial charge on any atom is 0.217 e. The van der Waals surface area contributed by atoms with Crippen molar-refractivity contribution in [1.82, 2.24) is 4.98 Å². The lowest BCUT2D eigenvalue weighted by Gasteiger charge is -2.03. The molecule has 0 amide bonds. The summed E-state index contributed by atoms with van der Waals surface area (Å²) in [6.45, 7) is 0.156. The van der Waals surface area contributed by atoms with Crippen molar-refractivity contribution in [3.63, 3.8) is 0 Å². The van der Waals surface area contributed by atoms with Gasteiger partial charge in [0.25, 0.3) is 0 Å². The Morgan fingerprint density at radius 2 is 1.85 bits per heavy atom. The standard InChI is InChI=1S/C11H12N2O4S3/c1-19(14,15)8-3-2-4-9(5-8)20(16,17)11-7-13-10(6-12)18-11/h2-5,7H,6,12H2,1H3. The number of aromatic nitrogens is 1. The van der Waals surface area contributed by atoms with Gasteiger partial charge in [0, 0.05) is 12.8 Å². The molecule has 2 N–H and O–H groups in total. The molecule has 1 heterocycles. The zero-order valence-electron chi connectivity index (χ0n) is 10.5. The van der Waals surface area contributed by atoms with E-state index in [4.69, 9.17) is 5.73 Å². The number of rotatable bonds is 4. The molecule has 0 aliphatic rings. The molecule has 0 aliphatic carbocycles. The monoisotopic (exact) mass is 332 g/mol. The van der Waals surface area contributed by atoms with Gasteiger partial charge in [-0.1, -0.05) is 6.07 Å². The second kappa shape index (κ2) is 5.24. The Labute approximate surface area is 121 Å². The van der Waals surface area contributed by atoms with E-state index in [9.17, 15) is 16.8 Å². The molecule has 1 aromatic carbocycles. The van der Waals surface area contributed by atoms with Gasteiger partial charge in [0.1, 0.15) is 9.22 Å². The van der Waals surface area contributed by atoms with Crippen LogP contribution in [0.2, 0.25) is 0 Å². The maximum atomic E-state index is 12.4. The van der Waals surface area contributed by atoms with E-state index < -0.39 is 19.7 Å². The Morgan fingerprint density at radius 3 is 2.40 bits per heavy atom. The number of nitrogens with two attached hydrogens (primary N) is 1. The second-order valence-electron chi connectivity index (χ2n) is 4.03. The summed E-state index contributed by atoms with van der Waals surface area (Å²) in [6, 6.07) is 5.25. The smallest absolute Gasteiger partial charge is 0.217 e. The van der Waals surface area contributed by atoms with Crippen LogP contribution in [0.4, 0.5) is 0 Å². The van der Waals surface area contributed by atoms with Gasteiger partial charge >= 0.3 is 0 Å². The minimum atomic E-state index is -3.78. The zero-order valence-corrected chi connectivity index (χ0v) is 12.9. The summed E-state index contributed by atoms with van der Waals surface area (Å²) in [6.07, 6.45) is 2.26. The third kappa shape index (κ3) is 2.90. The van der Waals surface area contributed by atoms with Gasteiger partial charge < -0.3 is 5.73 Å². The van der Waals surface area contributed by atoms with Crippen molar-refractivity contribution in [2.45, 2.75) is 20.5 Å². The summed E-state index contributed by atoms with van der Waals surface area (Å²) in [5, 5.41) is 0.503. The topological polar surface area (TPSA) is 107 Å². The summed E-state index contributed by atoms with van der Waals surface area (Å²) in [7, 11) is -7.24. The molecule has 0 spiro atoms. The molecule has 108 valence electrons. The average Bonchev–Trinajstić information content (AvgIpc) is 2.87. The van der Waals surface area contributed by atoms with Gasteiger partial charge in [-0.25, -0.2) is 21.8 Å². The molecule has 0 unspecified atom stereocenters. The molecule has 2 aromatic rings. The summed E-state index contributed by atoms with van der Waals surface area (Å²) in [5.41, 5.74) is 5.40. The molecule has 2 rings (SSSR count).